The number of hydrogen-bond acceptors (Lipinski definition) is 3. The topological polar surface area (TPSA) is 58.6 Å². The van der Waals surface area contributed by atoms with E-state index in [4.69, 9.17) is 9.84 Å². The quantitative estimate of drug-likeness (QED) is 0.853. The van der Waals surface area contributed by atoms with Crippen molar-refractivity contribution in [3.63, 3.8) is 0 Å². The average molecular weight is 353 g/mol. The summed E-state index contributed by atoms with van der Waals surface area (Å²) in [5, 5.41) is 11.9. The lowest BCUT2D eigenvalue weighted by atomic mass is 10.0. The standard InChI is InChI=1S/C14H14O.C8H13NO2/c1-3-7-13(8-4-1)11-15-12-14-9-5-2-6-10-14;10-8(11)7-4-5-2-1-3-6(5)9-7/h1-10H,11-12H2;5-7,9H,1-4H2,(H,10,11)/t;5-,6-,7-/m.0/s1. The first-order valence-electron chi connectivity index (χ1n) is 9.37. The lowest BCUT2D eigenvalue weighted by Gasteiger charge is -2.07. The number of carboxylic acids is 1. The number of benzene rings is 2. The van der Waals surface area contributed by atoms with Crippen LogP contribution in [0.4, 0.5) is 0 Å². The maximum Gasteiger partial charge on any atom is 0.320 e. The molecule has 3 atom stereocenters. The summed E-state index contributed by atoms with van der Waals surface area (Å²) in [6, 6.07) is 20.7. The van der Waals surface area contributed by atoms with Crippen LogP contribution < -0.4 is 5.32 Å². The second-order valence-corrected chi connectivity index (χ2v) is 7.05. The molecule has 0 radical (unpaired) electrons. The van der Waals surface area contributed by atoms with Crippen molar-refractivity contribution in [2.45, 2.75) is 51.0 Å². The van der Waals surface area contributed by atoms with E-state index in [-0.39, 0.29) is 6.04 Å². The van der Waals surface area contributed by atoms with E-state index >= 15 is 0 Å². The lowest BCUT2D eigenvalue weighted by Crippen LogP contribution is -2.34. The number of rotatable bonds is 5. The van der Waals surface area contributed by atoms with Crippen molar-refractivity contribution in [2.75, 3.05) is 0 Å². The molecule has 26 heavy (non-hydrogen) atoms. The van der Waals surface area contributed by atoms with Crippen LogP contribution in [0.2, 0.25) is 0 Å². The van der Waals surface area contributed by atoms with Gasteiger partial charge in [0.25, 0.3) is 0 Å². The maximum atomic E-state index is 10.6. The van der Waals surface area contributed by atoms with Gasteiger partial charge in [-0.15, -0.1) is 0 Å². The normalized spacial score (nSPS) is 23.8. The van der Waals surface area contributed by atoms with E-state index in [9.17, 15) is 4.79 Å². The van der Waals surface area contributed by atoms with Gasteiger partial charge in [0, 0.05) is 6.04 Å². The molecule has 1 saturated carbocycles. The van der Waals surface area contributed by atoms with E-state index in [1.807, 2.05) is 36.4 Å². The highest BCUT2D eigenvalue weighted by Crippen LogP contribution is 2.34. The van der Waals surface area contributed by atoms with E-state index in [2.05, 4.69) is 29.6 Å². The molecule has 4 rings (SSSR count). The van der Waals surface area contributed by atoms with Crippen LogP contribution in [-0.2, 0) is 22.7 Å². The number of hydrogen-bond donors (Lipinski definition) is 2. The van der Waals surface area contributed by atoms with Crippen molar-refractivity contribution in [3.8, 4) is 0 Å². The molecule has 2 aliphatic rings. The van der Waals surface area contributed by atoms with E-state index in [1.54, 1.807) is 0 Å². The minimum Gasteiger partial charge on any atom is -0.480 e. The molecule has 1 heterocycles. The van der Waals surface area contributed by atoms with Gasteiger partial charge >= 0.3 is 5.97 Å². The summed E-state index contributed by atoms with van der Waals surface area (Å²) >= 11 is 0. The van der Waals surface area contributed by atoms with Gasteiger partial charge in [-0.2, -0.15) is 0 Å². The van der Waals surface area contributed by atoms with Crippen molar-refractivity contribution < 1.29 is 14.6 Å². The van der Waals surface area contributed by atoms with E-state index in [1.165, 1.54) is 30.4 Å². The summed E-state index contributed by atoms with van der Waals surface area (Å²) in [7, 11) is 0. The fraction of sp³-hybridized carbons (Fsp3) is 0.409. The Balaban J connectivity index is 0.000000158. The van der Waals surface area contributed by atoms with Crippen LogP contribution in [-0.4, -0.2) is 23.2 Å². The van der Waals surface area contributed by atoms with Gasteiger partial charge in [-0.3, -0.25) is 4.79 Å². The molecule has 2 aromatic carbocycles. The summed E-state index contributed by atoms with van der Waals surface area (Å²) in [5.41, 5.74) is 2.43. The Kier molecular flexibility index (Phi) is 6.81. The molecule has 0 spiro atoms. The molecule has 1 aliphatic carbocycles. The Hall–Kier alpha value is -2.17. The number of carboxylic acid groups (broad SMARTS) is 1. The van der Waals surface area contributed by atoms with Crippen LogP contribution in [0.1, 0.15) is 36.8 Å². The lowest BCUT2D eigenvalue weighted by molar-refractivity contribution is -0.139. The number of ether oxygens (including phenoxy) is 1. The van der Waals surface area contributed by atoms with Crippen molar-refractivity contribution in [1.29, 1.82) is 0 Å². The minimum absolute atomic E-state index is 0.259. The van der Waals surface area contributed by atoms with E-state index < -0.39 is 5.97 Å². The Morgan fingerprint density at radius 2 is 1.54 bits per heavy atom. The molecule has 0 amide bonds. The second kappa shape index (κ2) is 9.51. The fourth-order valence-electron chi connectivity index (χ4n) is 3.77. The molecule has 0 aromatic heterocycles. The van der Waals surface area contributed by atoms with E-state index in [0.717, 1.165) is 6.42 Å². The van der Waals surface area contributed by atoms with Crippen LogP contribution in [0, 0.1) is 5.92 Å². The zero-order valence-electron chi connectivity index (χ0n) is 15.0. The number of nitrogens with one attached hydrogen (secondary N) is 1. The van der Waals surface area contributed by atoms with Crippen LogP contribution in [0.5, 0.6) is 0 Å². The van der Waals surface area contributed by atoms with Gasteiger partial charge in [-0.25, -0.2) is 0 Å². The zero-order valence-corrected chi connectivity index (χ0v) is 15.0. The van der Waals surface area contributed by atoms with Gasteiger partial charge in [0.15, 0.2) is 0 Å². The molecule has 0 bridgehead atoms. The Bertz CT molecular complexity index is 623. The van der Waals surface area contributed by atoms with Gasteiger partial charge in [0.05, 0.1) is 13.2 Å². The predicted octanol–water partition coefficient (Wildman–Crippen LogP) is 4.01. The van der Waals surface area contributed by atoms with Crippen molar-refractivity contribution in [1.82, 2.24) is 5.32 Å². The molecule has 138 valence electrons. The highest BCUT2D eigenvalue weighted by molar-refractivity contribution is 5.74. The minimum atomic E-state index is -0.681. The molecule has 0 unspecified atom stereocenters. The van der Waals surface area contributed by atoms with Crippen LogP contribution in [0.25, 0.3) is 0 Å². The second-order valence-electron chi connectivity index (χ2n) is 7.05. The highest BCUT2D eigenvalue weighted by atomic mass is 16.5. The largest absolute Gasteiger partial charge is 0.480 e. The molecular weight excluding hydrogens is 326 g/mol. The van der Waals surface area contributed by atoms with Gasteiger partial charge in [-0.05, 0) is 36.3 Å². The first-order chi connectivity index (χ1) is 12.7. The Labute approximate surface area is 155 Å². The molecule has 4 heteroatoms. The summed E-state index contributed by atoms with van der Waals surface area (Å²) in [4.78, 5) is 10.6. The predicted molar refractivity (Wildman–Crippen MR) is 102 cm³/mol. The molecule has 4 nitrogen and oxygen atoms in total. The smallest absolute Gasteiger partial charge is 0.320 e. The monoisotopic (exact) mass is 353 g/mol. The number of fused-ring (bicyclic) bond motifs is 1. The fourth-order valence-corrected chi connectivity index (χ4v) is 3.77. The molecule has 2 aromatic rings. The third-order valence-electron chi connectivity index (χ3n) is 5.13. The Morgan fingerprint density at radius 1 is 0.962 bits per heavy atom. The molecular formula is C22H27NO3. The first kappa shape index (κ1) is 18.6. The van der Waals surface area contributed by atoms with Crippen molar-refractivity contribution >= 4 is 5.97 Å². The Morgan fingerprint density at radius 3 is 2.04 bits per heavy atom. The molecule has 2 N–H and O–H groups in total. The van der Waals surface area contributed by atoms with Crippen LogP contribution >= 0.6 is 0 Å². The number of aliphatic carboxylic acids is 1. The average Bonchev–Trinajstić information content (AvgIpc) is 3.26. The highest BCUT2D eigenvalue weighted by Gasteiger charge is 2.39. The third-order valence-corrected chi connectivity index (χ3v) is 5.13. The molecule has 1 saturated heterocycles. The maximum absolute atomic E-state index is 10.6. The van der Waals surface area contributed by atoms with Gasteiger partial charge in [0.2, 0.25) is 0 Å². The van der Waals surface area contributed by atoms with Crippen molar-refractivity contribution in [3.05, 3.63) is 71.8 Å². The summed E-state index contributed by atoms with van der Waals surface area (Å²) < 4.78 is 5.61. The summed E-state index contributed by atoms with van der Waals surface area (Å²) in [6.07, 6.45) is 4.52. The van der Waals surface area contributed by atoms with Gasteiger partial charge < -0.3 is 15.2 Å². The summed E-state index contributed by atoms with van der Waals surface area (Å²) in [6.45, 7) is 1.35. The van der Waals surface area contributed by atoms with Crippen LogP contribution in [0.15, 0.2) is 60.7 Å². The third kappa shape index (κ3) is 5.41. The summed E-state index contributed by atoms with van der Waals surface area (Å²) in [5.74, 6) is -0.0319. The zero-order chi connectivity index (χ0) is 18.2. The first-order valence-corrected chi connectivity index (χ1v) is 9.37. The van der Waals surface area contributed by atoms with Gasteiger partial charge in [0.1, 0.15) is 6.04 Å². The van der Waals surface area contributed by atoms with E-state index in [0.29, 0.717) is 25.2 Å². The van der Waals surface area contributed by atoms with Crippen LogP contribution in [0.3, 0.4) is 0 Å². The van der Waals surface area contributed by atoms with Gasteiger partial charge in [-0.1, -0.05) is 67.1 Å². The molecule has 1 aliphatic heterocycles. The molecule has 2 fully saturated rings. The SMILES string of the molecule is O=C(O)[C@@H]1C[C@@H]2CCC[C@@H]2N1.c1ccc(COCc2ccccc2)cc1. The van der Waals surface area contributed by atoms with Crippen molar-refractivity contribution in [2.24, 2.45) is 5.92 Å². The number of carbonyl (C=O) groups is 1.